The van der Waals surface area contributed by atoms with E-state index in [1.807, 2.05) is 42.5 Å². The molecule has 0 saturated carbocycles. The smallest absolute Gasteiger partial charge is 0.265 e. The van der Waals surface area contributed by atoms with Crippen molar-refractivity contribution in [1.29, 1.82) is 0 Å². The van der Waals surface area contributed by atoms with Gasteiger partial charge in [0.05, 0.1) is 4.88 Å². The predicted octanol–water partition coefficient (Wildman–Crippen LogP) is 5.79. The van der Waals surface area contributed by atoms with Crippen molar-refractivity contribution in [1.82, 2.24) is 0 Å². The summed E-state index contributed by atoms with van der Waals surface area (Å²) in [6.45, 7) is 4.37. The molecule has 3 rings (SSSR count). The standard InChI is InChI=1S/C20H19NOS/c1-14(2)15-8-10-16(11-9-15)18-12-13-19(23-18)20(22)21-17-6-4-3-5-7-17/h3-14H,1-2H3,(H,21,22). The number of hydrogen-bond donors (Lipinski definition) is 1. The zero-order valence-electron chi connectivity index (χ0n) is 13.2. The summed E-state index contributed by atoms with van der Waals surface area (Å²) in [4.78, 5) is 14.1. The minimum Gasteiger partial charge on any atom is -0.321 e. The largest absolute Gasteiger partial charge is 0.321 e. The van der Waals surface area contributed by atoms with E-state index in [0.717, 1.165) is 21.0 Å². The van der Waals surface area contributed by atoms with E-state index >= 15 is 0 Å². The van der Waals surface area contributed by atoms with Gasteiger partial charge in [0, 0.05) is 10.6 Å². The number of nitrogens with one attached hydrogen (secondary N) is 1. The molecular weight excluding hydrogens is 302 g/mol. The van der Waals surface area contributed by atoms with Gasteiger partial charge < -0.3 is 5.32 Å². The van der Waals surface area contributed by atoms with E-state index in [4.69, 9.17) is 0 Å². The minimum absolute atomic E-state index is 0.0637. The van der Waals surface area contributed by atoms with Crippen LogP contribution in [0.15, 0.2) is 66.7 Å². The summed E-state index contributed by atoms with van der Waals surface area (Å²) >= 11 is 1.52. The van der Waals surface area contributed by atoms with E-state index in [1.54, 1.807) is 0 Å². The molecule has 0 spiro atoms. The van der Waals surface area contributed by atoms with Crippen LogP contribution >= 0.6 is 11.3 Å². The van der Waals surface area contributed by atoms with Crippen LogP contribution in [-0.4, -0.2) is 5.91 Å². The highest BCUT2D eigenvalue weighted by Crippen LogP contribution is 2.29. The SMILES string of the molecule is CC(C)c1ccc(-c2ccc(C(=O)Nc3ccccc3)s2)cc1. The lowest BCUT2D eigenvalue weighted by Crippen LogP contribution is -2.09. The number of rotatable bonds is 4. The Labute approximate surface area is 140 Å². The maximum absolute atomic E-state index is 12.3. The van der Waals surface area contributed by atoms with E-state index in [2.05, 4.69) is 43.4 Å². The molecule has 1 heterocycles. The molecule has 2 aromatic carbocycles. The molecule has 0 aliphatic carbocycles. The third kappa shape index (κ3) is 3.69. The van der Waals surface area contributed by atoms with E-state index in [1.165, 1.54) is 16.9 Å². The van der Waals surface area contributed by atoms with Gasteiger partial charge in [-0.1, -0.05) is 56.3 Å². The van der Waals surface area contributed by atoms with Crippen LogP contribution in [0.3, 0.4) is 0 Å². The first-order valence-electron chi connectivity index (χ1n) is 7.70. The molecule has 0 atom stereocenters. The Morgan fingerprint density at radius 3 is 2.26 bits per heavy atom. The first kappa shape index (κ1) is 15.5. The van der Waals surface area contributed by atoms with Crippen molar-refractivity contribution in [3.63, 3.8) is 0 Å². The molecule has 0 radical (unpaired) electrons. The molecule has 3 heteroatoms. The lowest BCUT2D eigenvalue weighted by molar-refractivity contribution is 0.103. The molecule has 0 unspecified atom stereocenters. The number of para-hydroxylation sites is 1. The van der Waals surface area contributed by atoms with Crippen molar-refractivity contribution in [2.45, 2.75) is 19.8 Å². The maximum Gasteiger partial charge on any atom is 0.265 e. The van der Waals surface area contributed by atoms with Gasteiger partial charge in [-0.05, 0) is 41.3 Å². The zero-order chi connectivity index (χ0) is 16.2. The second kappa shape index (κ2) is 6.80. The van der Waals surface area contributed by atoms with Crippen molar-refractivity contribution >= 4 is 22.9 Å². The number of carbonyl (C=O) groups excluding carboxylic acids is 1. The van der Waals surface area contributed by atoms with Crippen LogP contribution < -0.4 is 5.32 Å². The Morgan fingerprint density at radius 2 is 1.61 bits per heavy atom. The highest BCUT2D eigenvalue weighted by molar-refractivity contribution is 7.17. The van der Waals surface area contributed by atoms with Crippen molar-refractivity contribution in [2.75, 3.05) is 5.32 Å². The van der Waals surface area contributed by atoms with Crippen molar-refractivity contribution in [2.24, 2.45) is 0 Å². The highest BCUT2D eigenvalue weighted by Gasteiger charge is 2.11. The molecule has 1 amide bonds. The number of benzene rings is 2. The average molecular weight is 321 g/mol. The van der Waals surface area contributed by atoms with E-state index in [0.29, 0.717) is 5.92 Å². The Bertz CT molecular complexity index is 788. The Hall–Kier alpha value is -2.39. The lowest BCUT2D eigenvalue weighted by atomic mass is 10.0. The Kier molecular flexibility index (Phi) is 4.58. The second-order valence-corrected chi connectivity index (χ2v) is 6.84. The van der Waals surface area contributed by atoms with Crippen LogP contribution in [0.5, 0.6) is 0 Å². The molecule has 3 aromatic rings. The molecule has 0 bridgehead atoms. The topological polar surface area (TPSA) is 29.1 Å². The van der Waals surface area contributed by atoms with Gasteiger partial charge in [0.1, 0.15) is 0 Å². The summed E-state index contributed by atoms with van der Waals surface area (Å²) in [5.74, 6) is 0.464. The summed E-state index contributed by atoms with van der Waals surface area (Å²) in [5, 5.41) is 2.92. The number of carbonyl (C=O) groups is 1. The molecule has 0 fully saturated rings. The lowest BCUT2D eigenvalue weighted by Gasteiger charge is -2.05. The molecule has 1 aromatic heterocycles. The van der Waals surface area contributed by atoms with Crippen LogP contribution in [0, 0.1) is 0 Å². The zero-order valence-corrected chi connectivity index (χ0v) is 14.1. The molecule has 0 saturated heterocycles. The van der Waals surface area contributed by atoms with Crippen LogP contribution in [0.25, 0.3) is 10.4 Å². The van der Waals surface area contributed by atoms with Gasteiger partial charge in [-0.3, -0.25) is 4.79 Å². The van der Waals surface area contributed by atoms with Gasteiger partial charge in [-0.25, -0.2) is 0 Å². The average Bonchev–Trinajstić information content (AvgIpc) is 3.06. The fourth-order valence-electron chi connectivity index (χ4n) is 2.36. The first-order valence-corrected chi connectivity index (χ1v) is 8.51. The summed E-state index contributed by atoms with van der Waals surface area (Å²) in [7, 11) is 0. The van der Waals surface area contributed by atoms with Gasteiger partial charge in [0.15, 0.2) is 0 Å². The van der Waals surface area contributed by atoms with Crippen LogP contribution in [-0.2, 0) is 0 Å². The van der Waals surface area contributed by atoms with Crippen molar-refractivity contribution in [3.05, 3.63) is 77.2 Å². The van der Waals surface area contributed by atoms with Crippen LogP contribution in [0.2, 0.25) is 0 Å². The van der Waals surface area contributed by atoms with Gasteiger partial charge in [-0.15, -0.1) is 11.3 Å². The van der Waals surface area contributed by atoms with Crippen molar-refractivity contribution < 1.29 is 4.79 Å². The third-order valence-corrected chi connectivity index (χ3v) is 4.86. The normalized spacial score (nSPS) is 10.7. The van der Waals surface area contributed by atoms with Crippen molar-refractivity contribution in [3.8, 4) is 10.4 Å². The molecule has 0 aliphatic rings. The first-order chi connectivity index (χ1) is 11.1. The minimum atomic E-state index is -0.0637. The van der Waals surface area contributed by atoms with Crippen LogP contribution in [0.4, 0.5) is 5.69 Å². The molecule has 23 heavy (non-hydrogen) atoms. The summed E-state index contributed by atoms with van der Waals surface area (Å²) in [6.07, 6.45) is 0. The van der Waals surface area contributed by atoms with E-state index in [-0.39, 0.29) is 5.91 Å². The van der Waals surface area contributed by atoms with Crippen LogP contribution in [0.1, 0.15) is 35.0 Å². The summed E-state index contributed by atoms with van der Waals surface area (Å²) in [5.41, 5.74) is 3.29. The quantitative estimate of drug-likeness (QED) is 0.647. The number of hydrogen-bond acceptors (Lipinski definition) is 2. The van der Waals surface area contributed by atoms with Gasteiger partial charge in [0.2, 0.25) is 0 Å². The number of anilines is 1. The maximum atomic E-state index is 12.3. The Morgan fingerprint density at radius 1 is 0.913 bits per heavy atom. The van der Waals surface area contributed by atoms with Gasteiger partial charge >= 0.3 is 0 Å². The Balaban J connectivity index is 1.76. The predicted molar refractivity (Wildman–Crippen MR) is 98.2 cm³/mol. The van der Waals surface area contributed by atoms with E-state index in [9.17, 15) is 4.79 Å². The summed E-state index contributed by atoms with van der Waals surface area (Å²) in [6, 6.07) is 22.0. The fourth-order valence-corrected chi connectivity index (χ4v) is 3.27. The fraction of sp³-hybridized carbons (Fsp3) is 0.150. The highest BCUT2D eigenvalue weighted by atomic mass is 32.1. The second-order valence-electron chi connectivity index (χ2n) is 5.76. The van der Waals surface area contributed by atoms with Gasteiger partial charge in [-0.2, -0.15) is 0 Å². The van der Waals surface area contributed by atoms with E-state index < -0.39 is 0 Å². The molecule has 116 valence electrons. The third-order valence-electron chi connectivity index (χ3n) is 3.72. The summed E-state index contributed by atoms with van der Waals surface area (Å²) < 4.78 is 0. The molecular formula is C20H19NOS. The molecule has 2 nitrogen and oxygen atoms in total. The number of amides is 1. The van der Waals surface area contributed by atoms with Gasteiger partial charge in [0.25, 0.3) is 5.91 Å². The molecule has 0 aliphatic heterocycles. The number of thiophene rings is 1. The molecule has 1 N–H and O–H groups in total. The monoisotopic (exact) mass is 321 g/mol.